The number of nitrogens with zero attached hydrogens (tertiary/aromatic N) is 1. The number of nitrogens with two attached hydrogens (primary N) is 1. The van der Waals surface area contributed by atoms with Crippen LogP contribution in [-0.4, -0.2) is 7.11 Å². The minimum atomic E-state index is 0.305. The molecule has 0 saturated carbocycles. The Balaban J connectivity index is 2.20. The Hall–Kier alpha value is -2.22. The summed E-state index contributed by atoms with van der Waals surface area (Å²) in [4.78, 5) is 0. The summed E-state index contributed by atoms with van der Waals surface area (Å²) in [7, 11) is 1.56. The standard InChI is InChI=1S/C16H15ClN2O2/c1-20-15-7-14(17)6-13(9-19)16(15)21-10-12-4-2-11(8-18)3-5-12/h2-7H,9-10,19H2,1H3. The molecule has 0 amide bonds. The number of hydrogen-bond donors (Lipinski definition) is 1. The lowest BCUT2D eigenvalue weighted by Gasteiger charge is -2.15. The summed E-state index contributed by atoms with van der Waals surface area (Å²) in [6.07, 6.45) is 0. The number of methoxy groups -OCH3 is 1. The molecule has 0 bridgehead atoms. The van der Waals surface area contributed by atoms with Gasteiger partial charge in [0.15, 0.2) is 11.5 Å². The van der Waals surface area contributed by atoms with Gasteiger partial charge in [0, 0.05) is 23.2 Å². The zero-order chi connectivity index (χ0) is 15.2. The molecule has 0 heterocycles. The van der Waals surface area contributed by atoms with Crippen molar-refractivity contribution in [3.63, 3.8) is 0 Å². The molecule has 0 unspecified atom stereocenters. The van der Waals surface area contributed by atoms with Crippen LogP contribution in [-0.2, 0) is 13.2 Å². The summed E-state index contributed by atoms with van der Waals surface area (Å²) >= 11 is 6.01. The van der Waals surface area contributed by atoms with E-state index in [2.05, 4.69) is 6.07 Å². The molecule has 0 aliphatic carbocycles. The summed E-state index contributed by atoms with van der Waals surface area (Å²) in [5.41, 5.74) is 8.07. The fraction of sp³-hybridized carbons (Fsp3) is 0.188. The first-order valence-corrected chi connectivity index (χ1v) is 6.74. The molecular weight excluding hydrogens is 288 g/mol. The van der Waals surface area contributed by atoms with Crippen LogP contribution >= 0.6 is 11.6 Å². The SMILES string of the molecule is COc1cc(Cl)cc(CN)c1OCc1ccc(C#N)cc1. The molecule has 0 aromatic heterocycles. The maximum absolute atomic E-state index is 8.77. The molecule has 2 aromatic rings. The first kappa shape index (κ1) is 15.2. The second kappa shape index (κ2) is 6.98. The molecule has 0 aliphatic heterocycles. The monoisotopic (exact) mass is 302 g/mol. The van der Waals surface area contributed by atoms with Gasteiger partial charge in [-0.2, -0.15) is 5.26 Å². The van der Waals surface area contributed by atoms with Crippen molar-refractivity contribution in [2.75, 3.05) is 7.11 Å². The number of ether oxygens (including phenoxy) is 2. The summed E-state index contributed by atoms with van der Waals surface area (Å²) < 4.78 is 11.1. The van der Waals surface area contributed by atoms with Crippen molar-refractivity contribution in [1.29, 1.82) is 5.26 Å². The number of hydrogen-bond acceptors (Lipinski definition) is 4. The maximum atomic E-state index is 8.77. The summed E-state index contributed by atoms with van der Waals surface area (Å²) in [6.45, 7) is 0.663. The number of halogens is 1. The van der Waals surface area contributed by atoms with Gasteiger partial charge in [-0.15, -0.1) is 0 Å². The first-order chi connectivity index (χ1) is 10.2. The van der Waals surface area contributed by atoms with Crippen LogP contribution in [0.4, 0.5) is 0 Å². The third kappa shape index (κ3) is 3.66. The van der Waals surface area contributed by atoms with Gasteiger partial charge in [-0.25, -0.2) is 0 Å². The van der Waals surface area contributed by atoms with Crippen molar-refractivity contribution in [3.05, 3.63) is 58.1 Å². The van der Waals surface area contributed by atoms with Gasteiger partial charge in [0.25, 0.3) is 0 Å². The number of nitriles is 1. The van der Waals surface area contributed by atoms with E-state index in [1.54, 1.807) is 31.4 Å². The van der Waals surface area contributed by atoms with E-state index < -0.39 is 0 Å². The second-order valence-corrected chi connectivity index (χ2v) is 4.83. The van der Waals surface area contributed by atoms with E-state index in [9.17, 15) is 0 Å². The molecule has 0 aliphatic rings. The Kier molecular flexibility index (Phi) is 5.04. The summed E-state index contributed by atoms with van der Waals surface area (Å²) in [5.74, 6) is 1.14. The normalized spacial score (nSPS) is 10.0. The third-order valence-electron chi connectivity index (χ3n) is 3.00. The lowest BCUT2D eigenvalue weighted by atomic mass is 10.1. The highest BCUT2D eigenvalue weighted by molar-refractivity contribution is 6.30. The predicted octanol–water partition coefficient (Wildman–Crippen LogP) is 3.26. The number of benzene rings is 2. The van der Waals surface area contributed by atoms with Crippen molar-refractivity contribution in [2.24, 2.45) is 5.73 Å². The highest BCUT2D eigenvalue weighted by Gasteiger charge is 2.12. The molecule has 2 N–H and O–H groups in total. The van der Waals surface area contributed by atoms with Crippen molar-refractivity contribution in [3.8, 4) is 17.6 Å². The van der Waals surface area contributed by atoms with Crippen molar-refractivity contribution in [1.82, 2.24) is 0 Å². The van der Waals surface area contributed by atoms with Gasteiger partial charge in [0.1, 0.15) is 6.61 Å². The van der Waals surface area contributed by atoms with Gasteiger partial charge in [-0.1, -0.05) is 23.7 Å². The van der Waals surface area contributed by atoms with E-state index in [0.29, 0.717) is 35.2 Å². The third-order valence-corrected chi connectivity index (χ3v) is 3.22. The molecule has 0 radical (unpaired) electrons. The van der Waals surface area contributed by atoms with Crippen LogP contribution in [0.2, 0.25) is 5.02 Å². The Bertz CT molecular complexity index is 638. The minimum Gasteiger partial charge on any atom is -0.493 e. The molecule has 2 rings (SSSR count). The largest absolute Gasteiger partial charge is 0.493 e. The van der Waals surface area contributed by atoms with Crippen LogP contribution in [0, 0.1) is 11.3 Å². The molecule has 2 aromatic carbocycles. The van der Waals surface area contributed by atoms with Crippen molar-refractivity contribution >= 4 is 11.6 Å². The molecule has 5 heteroatoms. The van der Waals surface area contributed by atoms with Crippen LogP contribution in [0.25, 0.3) is 0 Å². The van der Waals surface area contributed by atoms with E-state index in [-0.39, 0.29) is 0 Å². The fourth-order valence-electron chi connectivity index (χ4n) is 1.92. The Labute approximate surface area is 128 Å². The van der Waals surface area contributed by atoms with Gasteiger partial charge in [-0.05, 0) is 23.8 Å². The van der Waals surface area contributed by atoms with E-state index in [0.717, 1.165) is 11.1 Å². The summed E-state index contributed by atoms with van der Waals surface area (Å²) in [5, 5.41) is 9.33. The second-order valence-electron chi connectivity index (χ2n) is 4.40. The molecule has 0 atom stereocenters. The van der Waals surface area contributed by atoms with Gasteiger partial charge < -0.3 is 15.2 Å². The van der Waals surface area contributed by atoms with Crippen molar-refractivity contribution in [2.45, 2.75) is 13.2 Å². The Morgan fingerprint density at radius 3 is 2.52 bits per heavy atom. The average Bonchev–Trinajstić information content (AvgIpc) is 2.53. The molecule has 0 fully saturated rings. The lowest BCUT2D eigenvalue weighted by molar-refractivity contribution is 0.281. The molecule has 108 valence electrons. The average molecular weight is 303 g/mol. The molecule has 21 heavy (non-hydrogen) atoms. The highest BCUT2D eigenvalue weighted by atomic mass is 35.5. The van der Waals surface area contributed by atoms with Crippen LogP contribution < -0.4 is 15.2 Å². The van der Waals surface area contributed by atoms with Crippen LogP contribution in [0.3, 0.4) is 0 Å². The van der Waals surface area contributed by atoms with Crippen LogP contribution in [0.15, 0.2) is 36.4 Å². The van der Waals surface area contributed by atoms with Crippen LogP contribution in [0.1, 0.15) is 16.7 Å². The quantitative estimate of drug-likeness (QED) is 0.920. The van der Waals surface area contributed by atoms with E-state index in [1.807, 2.05) is 12.1 Å². The zero-order valence-electron chi connectivity index (χ0n) is 11.6. The topological polar surface area (TPSA) is 68.3 Å². The van der Waals surface area contributed by atoms with Gasteiger partial charge in [-0.3, -0.25) is 0 Å². The number of rotatable bonds is 5. The Morgan fingerprint density at radius 2 is 1.95 bits per heavy atom. The molecular formula is C16H15ClN2O2. The van der Waals surface area contributed by atoms with Crippen LogP contribution in [0.5, 0.6) is 11.5 Å². The van der Waals surface area contributed by atoms with Gasteiger partial charge in [0.2, 0.25) is 0 Å². The molecule has 0 saturated heterocycles. The van der Waals surface area contributed by atoms with E-state index >= 15 is 0 Å². The van der Waals surface area contributed by atoms with Gasteiger partial charge in [0.05, 0.1) is 18.7 Å². The molecule has 0 spiro atoms. The molecule has 4 nitrogen and oxygen atoms in total. The zero-order valence-corrected chi connectivity index (χ0v) is 12.4. The van der Waals surface area contributed by atoms with E-state index in [4.69, 9.17) is 32.1 Å². The summed E-state index contributed by atoms with van der Waals surface area (Å²) in [6, 6.07) is 12.7. The maximum Gasteiger partial charge on any atom is 0.166 e. The smallest absolute Gasteiger partial charge is 0.166 e. The first-order valence-electron chi connectivity index (χ1n) is 6.36. The highest BCUT2D eigenvalue weighted by Crippen LogP contribution is 2.35. The lowest BCUT2D eigenvalue weighted by Crippen LogP contribution is -2.04. The predicted molar refractivity (Wildman–Crippen MR) is 81.4 cm³/mol. The van der Waals surface area contributed by atoms with Gasteiger partial charge >= 0.3 is 0 Å². The Morgan fingerprint density at radius 1 is 1.24 bits per heavy atom. The van der Waals surface area contributed by atoms with Crippen molar-refractivity contribution < 1.29 is 9.47 Å². The fourth-order valence-corrected chi connectivity index (χ4v) is 2.15. The van der Waals surface area contributed by atoms with E-state index in [1.165, 1.54) is 0 Å². The minimum absolute atomic E-state index is 0.305.